The van der Waals surface area contributed by atoms with Gasteiger partial charge < -0.3 is 11.1 Å². The van der Waals surface area contributed by atoms with Crippen LogP contribution >= 0.6 is 12.4 Å². The van der Waals surface area contributed by atoms with Crippen molar-refractivity contribution in [3.8, 4) is 0 Å². The number of hydrogen-bond acceptors (Lipinski definition) is 2. The largest absolute Gasteiger partial charge is 0.353 e. The third kappa shape index (κ3) is 4.35. The maximum atomic E-state index is 12.3. The van der Waals surface area contributed by atoms with Crippen LogP contribution in [0.1, 0.15) is 58.3 Å². The first-order valence-electron chi connectivity index (χ1n) is 7.75. The number of nitrogens with two attached hydrogens (primary N) is 1. The maximum absolute atomic E-state index is 12.3. The number of carbonyl (C=O) groups excluding carboxylic acids is 1. The van der Waals surface area contributed by atoms with Crippen molar-refractivity contribution in [3.63, 3.8) is 0 Å². The smallest absolute Gasteiger partial charge is 0.223 e. The summed E-state index contributed by atoms with van der Waals surface area (Å²) in [5.41, 5.74) is 5.76. The predicted octanol–water partition coefficient (Wildman–Crippen LogP) is 2.87. The lowest BCUT2D eigenvalue weighted by Crippen LogP contribution is -2.43. The summed E-state index contributed by atoms with van der Waals surface area (Å²) in [5.74, 6) is 1.94. The average Bonchev–Trinajstić information content (AvgIpc) is 2.86. The standard InChI is InChI=1S/C15H28N2O.ClH/c1-2-11-6-8-12(9-7-11)15(18)17-14-5-3-4-13(14)10-16;/h11-14H,2-10,16H2,1H3,(H,17,18);1H. The summed E-state index contributed by atoms with van der Waals surface area (Å²) in [4.78, 5) is 12.3. The first-order valence-corrected chi connectivity index (χ1v) is 7.75. The number of carbonyl (C=O) groups is 1. The second kappa shape index (κ2) is 8.11. The molecule has 2 aliphatic carbocycles. The van der Waals surface area contributed by atoms with Gasteiger partial charge in [-0.2, -0.15) is 0 Å². The van der Waals surface area contributed by atoms with Gasteiger partial charge in [0.2, 0.25) is 5.91 Å². The molecule has 0 bridgehead atoms. The minimum Gasteiger partial charge on any atom is -0.353 e. The molecule has 19 heavy (non-hydrogen) atoms. The van der Waals surface area contributed by atoms with E-state index >= 15 is 0 Å². The third-order valence-electron chi connectivity index (χ3n) is 5.08. The molecule has 2 aliphatic rings. The second-order valence-corrected chi connectivity index (χ2v) is 6.17. The number of hydrogen-bond donors (Lipinski definition) is 2. The Bertz CT molecular complexity index is 277. The zero-order chi connectivity index (χ0) is 13.0. The van der Waals surface area contributed by atoms with E-state index in [1.807, 2.05) is 0 Å². The average molecular weight is 289 g/mol. The zero-order valence-corrected chi connectivity index (χ0v) is 12.9. The van der Waals surface area contributed by atoms with Crippen molar-refractivity contribution >= 4 is 18.3 Å². The van der Waals surface area contributed by atoms with Gasteiger partial charge in [0, 0.05) is 12.0 Å². The van der Waals surface area contributed by atoms with Gasteiger partial charge in [0.05, 0.1) is 0 Å². The van der Waals surface area contributed by atoms with Crippen molar-refractivity contribution in [2.24, 2.45) is 23.5 Å². The van der Waals surface area contributed by atoms with Gasteiger partial charge in [-0.15, -0.1) is 12.4 Å². The highest BCUT2D eigenvalue weighted by Crippen LogP contribution is 2.31. The van der Waals surface area contributed by atoms with Crippen LogP contribution in [0.15, 0.2) is 0 Å². The molecule has 2 fully saturated rings. The van der Waals surface area contributed by atoms with Gasteiger partial charge in [0.25, 0.3) is 0 Å². The van der Waals surface area contributed by atoms with Gasteiger partial charge in [0.15, 0.2) is 0 Å². The minimum absolute atomic E-state index is 0. The van der Waals surface area contributed by atoms with Crippen LogP contribution in [0.3, 0.4) is 0 Å². The van der Waals surface area contributed by atoms with Crippen LogP contribution in [0.2, 0.25) is 0 Å². The van der Waals surface area contributed by atoms with E-state index in [4.69, 9.17) is 5.73 Å². The number of halogens is 1. The van der Waals surface area contributed by atoms with Crippen LogP contribution in [0.4, 0.5) is 0 Å². The third-order valence-corrected chi connectivity index (χ3v) is 5.08. The minimum atomic E-state index is 0. The van der Waals surface area contributed by atoms with Crippen LogP contribution < -0.4 is 11.1 Å². The summed E-state index contributed by atoms with van der Waals surface area (Å²) in [5, 5.41) is 3.26. The van der Waals surface area contributed by atoms with E-state index in [0.717, 1.165) is 25.2 Å². The maximum Gasteiger partial charge on any atom is 0.223 e. The first kappa shape index (κ1) is 16.8. The van der Waals surface area contributed by atoms with Crippen LogP contribution in [0.5, 0.6) is 0 Å². The van der Waals surface area contributed by atoms with E-state index < -0.39 is 0 Å². The quantitative estimate of drug-likeness (QED) is 0.836. The van der Waals surface area contributed by atoms with Gasteiger partial charge in [-0.25, -0.2) is 0 Å². The monoisotopic (exact) mass is 288 g/mol. The molecule has 0 heterocycles. The Morgan fingerprint density at radius 1 is 1.16 bits per heavy atom. The van der Waals surface area contributed by atoms with Gasteiger partial charge in [-0.1, -0.05) is 19.8 Å². The van der Waals surface area contributed by atoms with Crippen molar-refractivity contribution in [1.29, 1.82) is 0 Å². The van der Waals surface area contributed by atoms with Crippen LogP contribution in [0.25, 0.3) is 0 Å². The molecular weight excluding hydrogens is 260 g/mol. The zero-order valence-electron chi connectivity index (χ0n) is 12.1. The van der Waals surface area contributed by atoms with E-state index in [0.29, 0.717) is 24.4 Å². The fraction of sp³-hybridized carbons (Fsp3) is 0.933. The Labute approximate surface area is 123 Å². The molecular formula is C15H29ClN2O. The fourth-order valence-electron chi connectivity index (χ4n) is 3.64. The molecule has 2 saturated carbocycles. The normalized spacial score (nSPS) is 34.6. The lowest BCUT2D eigenvalue weighted by molar-refractivity contribution is -0.127. The van der Waals surface area contributed by atoms with E-state index in [2.05, 4.69) is 12.2 Å². The Kier molecular flexibility index (Phi) is 7.16. The molecule has 0 aromatic heterocycles. The highest BCUT2D eigenvalue weighted by molar-refractivity contribution is 5.85. The van der Waals surface area contributed by atoms with E-state index in [1.54, 1.807) is 0 Å². The summed E-state index contributed by atoms with van der Waals surface area (Å²) in [6.07, 6.45) is 9.44. The fourth-order valence-corrected chi connectivity index (χ4v) is 3.64. The molecule has 3 nitrogen and oxygen atoms in total. The van der Waals surface area contributed by atoms with E-state index in [1.165, 1.54) is 32.1 Å². The van der Waals surface area contributed by atoms with Crippen molar-refractivity contribution < 1.29 is 4.79 Å². The highest BCUT2D eigenvalue weighted by atomic mass is 35.5. The molecule has 2 unspecified atom stereocenters. The summed E-state index contributed by atoms with van der Waals surface area (Å²) in [7, 11) is 0. The number of rotatable bonds is 4. The Hall–Kier alpha value is -0.280. The number of nitrogens with one attached hydrogen (secondary N) is 1. The molecule has 4 heteroatoms. The molecule has 0 saturated heterocycles. The highest BCUT2D eigenvalue weighted by Gasteiger charge is 2.31. The Morgan fingerprint density at radius 3 is 2.42 bits per heavy atom. The van der Waals surface area contributed by atoms with Crippen LogP contribution in [-0.2, 0) is 4.79 Å². The van der Waals surface area contributed by atoms with Crippen molar-refractivity contribution in [2.45, 2.75) is 64.3 Å². The summed E-state index contributed by atoms with van der Waals surface area (Å²) >= 11 is 0. The lowest BCUT2D eigenvalue weighted by atomic mass is 9.80. The molecule has 0 aromatic rings. The van der Waals surface area contributed by atoms with Crippen LogP contribution in [-0.4, -0.2) is 18.5 Å². The SMILES string of the molecule is CCC1CCC(C(=O)NC2CCCC2CN)CC1.Cl. The van der Waals surface area contributed by atoms with E-state index in [9.17, 15) is 4.79 Å². The van der Waals surface area contributed by atoms with Crippen molar-refractivity contribution in [2.75, 3.05) is 6.54 Å². The topological polar surface area (TPSA) is 55.1 Å². The molecule has 3 N–H and O–H groups in total. The van der Waals surface area contributed by atoms with Crippen molar-refractivity contribution in [1.82, 2.24) is 5.32 Å². The number of amides is 1. The second-order valence-electron chi connectivity index (χ2n) is 6.17. The molecule has 0 radical (unpaired) electrons. The van der Waals surface area contributed by atoms with Crippen LogP contribution in [0, 0.1) is 17.8 Å². The molecule has 0 spiro atoms. The van der Waals surface area contributed by atoms with Crippen molar-refractivity contribution in [3.05, 3.63) is 0 Å². The van der Waals surface area contributed by atoms with Gasteiger partial charge in [-0.05, 0) is 56.9 Å². The predicted molar refractivity (Wildman–Crippen MR) is 81.3 cm³/mol. The first-order chi connectivity index (χ1) is 8.74. The van der Waals surface area contributed by atoms with Gasteiger partial charge in [0.1, 0.15) is 0 Å². The molecule has 2 atom stereocenters. The Balaban J connectivity index is 0.00000180. The molecule has 1 amide bonds. The lowest BCUT2D eigenvalue weighted by Gasteiger charge is -2.29. The van der Waals surface area contributed by atoms with Gasteiger partial charge in [-0.3, -0.25) is 4.79 Å². The van der Waals surface area contributed by atoms with E-state index in [-0.39, 0.29) is 18.3 Å². The Morgan fingerprint density at radius 2 is 1.84 bits per heavy atom. The summed E-state index contributed by atoms with van der Waals surface area (Å²) < 4.78 is 0. The molecule has 0 aromatic carbocycles. The molecule has 2 rings (SSSR count). The summed E-state index contributed by atoms with van der Waals surface area (Å²) in [6.45, 7) is 2.98. The van der Waals surface area contributed by atoms with Gasteiger partial charge >= 0.3 is 0 Å². The summed E-state index contributed by atoms with van der Waals surface area (Å²) in [6, 6.07) is 0.353. The molecule has 0 aliphatic heterocycles. The molecule has 112 valence electrons.